The average molecular weight is 494 g/mol. The monoisotopic (exact) mass is 493 g/mol. The van der Waals surface area contributed by atoms with Crippen LogP contribution in [0, 0.1) is 0 Å². The molecule has 0 spiro atoms. The van der Waals surface area contributed by atoms with Gasteiger partial charge in [-0.25, -0.2) is 0 Å². The molecule has 0 aromatic heterocycles. The van der Waals surface area contributed by atoms with Gasteiger partial charge in [0.25, 0.3) is 5.91 Å². The number of carbonyl (C=O) groups is 2. The van der Waals surface area contributed by atoms with Crippen LogP contribution in [0.5, 0.6) is 0 Å². The molecule has 0 fully saturated rings. The van der Waals surface area contributed by atoms with Crippen molar-refractivity contribution < 1.29 is 34.8 Å². The summed E-state index contributed by atoms with van der Waals surface area (Å²) in [6, 6.07) is 25.3. The van der Waals surface area contributed by atoms with Crippen LogP contribution in [0.15, 0.2) is 84.9 Å². The highest BCUT2D eigenvalue weighted by atomic mass is 16.6. The number of ether oxygens (including phenoxy) is 1. The molecule has 36 heavy (non-hydrogen) atoms. The lowest BCUT2D eigenvalue weighted by molar-refractivity contribution is -0.337. The van der Waals surface area contributed by atoms with Gasteiger partial charge in [0, 0.05) is 18.5 Å². The minimum Gasteiger partial charge on any atom is -0.453 e. The molecular formula is C28H31NO7. The van der Waals surface area contributed by atoms with Crippen LogP contribution in [0.4, 0.5) is 5.69 Å². The second-order valence-corrected chi connectivity index (χ2v) is 8.54. The Balaban J connectivity index is 1.70. The topological polar surface area (TPSA) is 136 Å². The molecule has 5 N–H and O–H groups in total. The summed E-state index contributed by atoms with van der Waals surface area (Å²) in [5.74, 6) is -8.33. The van der Waals surface area contributed by atoms with E-state index in [0.717, 1.165) is 11.1 Å². The first-order valence-corrected chi connectivity index (χ1v) is 11.7. The summed E-state index contributed by atoms with van der Waals surface area (Å²) in [6.45, 7) is 1.60. The van der Waals surface area contributed by atoms with Crippen molar-refractivity contribution in [2.75, 3.05) is 5.32 Å². The van der Waals surface area contributed by atoms with E-state index in [9.17, 15) is 30.0 Å². The molecule has 1 amide bonds. The third-order valence-electron chi connectivity index (χ3n) is 5.79. The summed E-state index contributed by atoms with van der Waals surface area (Å²) in [5.41, 5.74) is 2.40. The average Bonchev–Trinajstić information content (AvgIpc) is 2.87. The van der Waals surface area contributed by atoms with Crippen molar-refractivity contribution in [1.82, 2.24) is 0 Å². The van der Waals surface area contributed by atoms with Crippen molar-refractivity contribution in [2.45, 2.75) is 50.3 Å². The Morgan fingerprint density at radius 1 is 0.833 bits per heavy atom. The number of benzene rings is 3. The molecular weight excluding hydrogens is 462 g/mol. The van der Waals surface area contributed by atoms with Gasteiger partial charge in [-0.3, -0.25) is 9.59 Å². The summed E-state index contributed by atoms with van der Waals surface area (Å²) in [7, 11) is 0. The molecule has 0 saturated carbocycles. The smallest absolute Gasteiger partial charge is 0.307 e. The van der Waals surface area contributed by atoms with E-state index >= 15 is 0 Å². The summed E-state index contributed by atoms with van der Waals surface area (Å²) < 4.78 is 5.82. The van der Waals surface area contributed by atoms with Crippen LogP contribution in [-0.2, 0) is 20.7 Å². The van der Waals surface area contributed by atoms with Crippen LogP contribution < -0.4 is 5.32 Å². The lowest BCUT2D eigenvalue weighted by Gasteiger charge is -2.33. The maximum absolute atomic E-state index is 12.8. The van der Waals surface area contributed by atoms with Gasteiger partial charge in [0.1, 0.15) is 0 Å². The summed E-state index contributed by atoms with van der Waals surface area (Å²) in [5, 5.41) is 42.4. The quantitative estimate of drug-likeness (QED) is 0.205. The number of carbonyl (C=O) groups excluding carboxylic acids is 2. The van der Waals surface area contributed by atoms with E-state index in [0.29, 0.717) is 5.56 Å². The van der Waals surface area contributed by atoms with Crippen LogP contribution in [0.1, 0.15) is 49.0 Å². The maximum Gasteiger partial charge on any atom is 0.307 e. The molecule has 0 aliphatic carbocycles. The standard InChI is InChI=1S/C28H31NO7/c1-2-19-27(32,33)28(34,35)26(31)29-23-16-10-9-11-20(23)17-18-24(30)36-25(21-12-5-3-6-13-21)22-14-7-4-8-15-22/h3-16,25,32-35H,2,17-19H2,1H3,(H,29,31). The van der Waals surface area contributed by atoms with Gasteiger partial charge >= 0.3 is 11.8 Å². The second-order valence-electron chi connectivity index (χ2n) is 8.54. The molecule has 0 heterocycles. The van der Waals surface area contributed by atoms with Crippen molar-refractivity contribution >= 4 is 17.6 Å². The van der Waals surface area contributed by atoms with E-state index in [1.54, 1.807) is 25.1 Å². The van der Waals surface area contributed by atoms with Crippen LogP contribution in [0.2, 0.25) is 0 Å². The van der Waals surface area contributed by atoms with Gasteiger partial charge in [-0.15, -0.1) is 0 Å². The van der Waals surface area contributed by atoms with E-state index in [4.69, 9.17) is 4.74 Å². The van der Waals surface area contributed by atoms with E-state index < -0.39 is 36.0 Å². The number of hydrogen-bond acceptors (Lipinski definition) is 7. The molecule has 0 aliphatic rings. The largest absolute Gasteiger partial charge is 0.453 e. The Labute approximate surface area is 209 Å². The molecule has 8 nitrogen and oxygen atoms in total. The van der Waals surface area contributed by atoms with E-state index in [1.165, 1.54) is 6.07 Å². The molecule has 190 valence electrons. The van der Waals surface area contributed by atoms with E-state index in [-0.39, 0.29) is 24.9 Å². The van der Waals surface area contributed by atoms with Crippen LogP contribution in [-0.4, -0.2) is 43.9 Å². The Morgan fingerprint density at radius 2 is 1.36 bits per heavy atom. The van der Waals surface area contributed by atoms with Gasteiger partial charge in [0.05, 0.1) is 0 Å². The number of aliphatic hydroxyl groups is 4. The summed E-state index contributed by atoms with van der Waals surface area (Å²) >= 11 is 0. The van der Waals surface area contributed by atoms with Crippen LogP contribution in [0.3, 0.4) is 0 Å². The first kappa shape index (κ1) is 27.0. The number of hydrogen-bond donors (Lipinski definition) is 5. The molecule has 3 aromatic carbocycles. The van der Waals surface area contributed by atoms with E-state index in [1.807, 2.05) is 60.7 Å². The molecule has 0 radical (unpaired) electrons. The van der Waals surface area contributed by atoms with Gasteiger partial charge in [0.2, 0.25) is 5.79 Å². The molecule has 3 aromatic rings. The number of esters is 1. The van der Waals surface area contributed by atoms with Crippen molar-refractivity contribution in [3.05, 3.63) is 102 Å². The zero-order valence-corrected chi connectivity index (χ0v) is 20.0. The summed E-state index contributed by atoms with van der Waals surface area (Å²) in [4.78, 5) is 25.3. The molecule has 3 rings (SSSR count). The van der Waals surface area contributed by atoms with Gasteiger partial charge in [0.15, 0.2) is 6.10 Å². The maximum atomic E-state index is 12.8. The minimum atomic E-state index is -3.44. The first-order valence-electron chi connectivity index (χ1n) is 11.7. The molecule has 0 atom stereocenters. The van der Waals surface area contributed by atoms with Gasteiger partial charge in [-0.05, 0) is 29.2 Å². The summed E-state index contributed by atoms with van der Waals surface area (Å²) in [6.07, 6.45) is -0.625. The molecule has 0 bridgehead atoms. The fraction of sp³-hybridized carbons (Fsp3) is 0.286. The third-order valence-corrected chi connectivity index (χ3v) is 5.79. The highest BCUT2D eigenvalue weighted by molar-refractivity contribution is 5.97. The lowest BCUT2D eigenvalue weighted by atomic mass is 9.99. The predicted molar refractivity (Wildman–Crippen MR) is 133 cm³/mol. The van der Waals surface area contributed by atoms with Crippen molar-refractivity contribution in [1.29, 1.82) is 0 Å². The normalized spacial score (nSPS) is 11.8. The molecule has 0 unspecified atom stereocenters. The Hall–Kier alpha value is -3.56. The third kappa shape index (κ3) is 6.56. The highest BCUT2D eigenvalue weighted by Gasteiger charge is 2.53. The van der Waals surface area contributed by atoms with Crippen LogP contribution >= 0.6 is 0 Å². The Morgan fingerprint density at radius 3 is 1.92 bits per heavy atom. The second kappa shape index (κ2) is 11.9. The van der Waals surface area contributed by atoms with E-state index in [2.05, 4.69) is 5.32 Å². The fourth-order valence-corrected chi connectivity index (χ4v) is 3.79. The Bertz CT molecular complexity index is 1110. The molecule has 0 aliphatic heterocycles. The first-order chi connectivity index (χ1) is 17.2. The zero-order valence-electron chi connectivity index (χ0n) is 20.0. The van der Waals surface area contributed by atoms with Crippen molar-refractivity contribution in [3.63, 3.8) is 0 Å². The van der Waals surface area contributed by atoms with Crippen molar-refractivity contribution in [2.24, 2.45) is 0 Å². The SMILES string of the molecule is CCCC(O)(O)C(O)(O)C(=O)Nc1ccccc1CCC(=O)OC(c1ccccc1)c1ccccc1. The zero-order chi connectivity index (χ0) is 26.2. The predicted octanol–water partition coefficient (Wildman–Crippen LogP) is 3.05. The van der Waals surface area contributed by atoms with Crippen LogP contribution in [0.25, 0.3) is 0 Å². The van der Waals surface area contributed by atoms with Crippen molar-refractivity contribution in [3.8, 4) is 0 Å². The lowest BCUT2D eigenvalue weighted by Crippen LogP contribution is -2.61. The molecule has 8 heteroatoms. The van der Waals surface area contributed by atoms with Gasteiger partial charge in [-0.2, -0.15) is 0 Å². The number of anilines is 1. The highest BCUT2D eigenvalue weighted by Crippen LogP contribution is 2.28. The number of para-hydroxylation sites is 1. The Kier molecular flexibility index (Phi) is 8.95. The number of amides is 1. The van der Waals surface area contributed by atoms with Gasteiger partial charge in [-0.1, -0.05) is 92.2 Å². The number of rotatable bonds is 11. The van der Waals surface area contributed by atoms with Gasteiger partial charge < -0.3 is 30.5 Å². The fourth-order valence-electron chi connectivity index (χ4n) is 3.79. The minimum absolute atomic E-state index is 0.00772. The molecule has 0 saturated heterocycles. The number of nitrogens with one attached hydrogen (secondary N) is 1. The number of aryl methyl sites for hydroxylation is 1.